The lowest BCUT2D eigenvalue weighted by atomic mass is 9.92. The van der Waals surface area contributed by atoms with E-state index in [0.717, 1.165) is 0 Å². The van der Waals surface area contributed by atoms with Crippen molar-refractivity contribution in [1.29, 1.82) is 0 Å². The molecule has 1 amide bonds. The van der Waals surface area contributed by atoms with Crippen molar-refractivity contribution >= 4 is 17.8 Å². The summed E-state index contributed by atoms with van der Waals surface area (Å²) in [5.41, 5.74) is 0.498. The van der Waals surface area contributed by atoms with Crippen molar-refractivity contribution in [1.82, 2.24) is 5.32 Å². The Balaban J connectivity index is 2.30. The van der Waals surface area contributed by atoms with Crippen LogP contribution < -0.4 is 5.32 Å². The summed E-state index contributed by atoms with van der Waals surface area (Å²) in [5, 5.41) is 2.95. The molecule has 1 N–H and O–H groups in total. The molecule has 0 bridgehead atoms. The molecule has 0 aromatic heterocycles. The summed E-state index contributed by atoms with van der Waals surface area (Å²) in [5.74, 6) is -2.11. The van der Waals surface area contributed by atoms with Crippen molar-refractivity contribution in [3.63, 3.8) is 0 Å². The molecule has 1 fully saturated rings. The number of ether oxygens (including phenoxy) is 2. The van der Waals surface area contributed by atoms with Crippen LogP contribution in [-0.2, 0) is 19.1 Å². The normalized spacial score (nSPS) is 24.4. The lowest BCUT2D eigenvalue weighted by Crippen LogP contribution is -2.45. The maximum Gasteiger partial charge on any atom is 0.330 e. The van der Waals surface area contributed by atoms with Gasteiger partial charge in [-0.25, -0.2) is 4.79 Å². The van der Waals surface area contributed by atoms with Crippen molar-refractivity contribution < 1.29 is 23.9 Å². The Morgan fingerprint density at radius 3 is 2.52 bits per heavy atom. The summed E-state index contributed by atoms with van der Waals surface area (Å²) in [4.78, 5) is 36.7. The van der Waals surface area contributed by atoms with Crippen LogP contribution in [0.1, 0.15) is 23.7 Å². The van der Waals surface area contributed by atoms with E-state index in [1.165, 1.54) is 13.2 Å². The van der Waals surface area contributed by atoms with Gasteiger partial charge in [0.2, 0.25) is 0 Å². The highest BCUT2D eigenvalue weighted by atomic mass is 16.5. The Hall–Kier alpha value is -2.89. The number of amides is 1. The fourth-order valence-corrected chi connectivity index (χ4v) is 3.43. The van der Waals surface area contributed by atoms with Crippen molar-refractivity contribution in [2.24, 2.45) is 17.8 Å². The molecule has 4 atom stereocenters. The number of rotatable bonds is 7. The van der Waals surface area contributed by atoms with Gasteiger partial charge in [0.25, 0.3) is 5.91 Å². The number of nitrogens with one attached hydrogen (secondary N) is 1. The summed E-state index contributed by atoms with van der Waals surface area (Å²) >= 11 is 0. The fourth-order valence-electron chi connectivity index (χ4n) is 3.43. The number of allylic oxidation sites excluding steroid dienone is 1. The van der Waals surface area contributed by atoms with Gasteiger partial charge in [0.1, 0.15) is 0 Å². The summed E-state index contributed by atoms with van der Waals surface area (Å²) in [6.07, 6.45) is 5.27. The van der Waals surface area contributed by atoms with Gasteiger partial charge in [-0.3, -0.25) is 9.59 Å². The third-order valence-corrected chi connectivity index (χ3v) is 4.73. The zero-order valence-electron chi connectivity index (χ0n) is 15.6. The SMILES string of the molecule is C=C[C@@H]1C[C@H](/C=C\C(=O)OC)[C@@H](NC(=O)c2ccccc2)[C@H]1C(=O)OCC. The maximum absolute atomic E-state index is 12.7. The molecule has 0 aliphatic heterocycles. The van der Waals surface area contributed by atoms with Gasteiger partial charge in [0.05, 0.1) is 19.6 Å². The molecule has 0 spiro atoms. The summed E-state index contributed by atoms with van der Waals surface area (Å²) in [7, 11) is 1.30. The Bertz CT molecular complexity index is 713. The topological polar surface area (TPSA) is 81.7 Å². The molecule has 6 nitrogen and oxygen atoms in total. The monoisotopic (exact) mass is 371 g/mol. The Labute approximate surface area is 159 Å². The van der Waals surface area contributed by atoms with E-state index in [9.17, 15) is 14.4 Å². The summed E-state index contributed by atoms with van der Waals surface area (Å²) in [6, 6.07) is 8.26. The second kappa shape index (κ2) is 9.71. The zero-order chi connectivity index (χ0) is 19.8. The van der Waals surface area contributed by atoms with Crippen LogP contribution in [-0.4, -0.2) is 37.6 Å². The van der Waals surface area contributed by atoms with E-state index in [1.54, 1.807) is 43.3 Å². The van der Waals surface area contributed by atoms with E-state index >= 15 is 0 Å². The highest BCUT2D eigenvalue weighted by molar-refractivity contribution is 5.94. The first-order valence-corrected chi connectivity index (χ1v) is 8.93. The minimum atomic E-state index is -0.567. The lowest BCUT2D eigenvalue weighted by Gasteiger charge is -2.25. The third-order valence-electron chi connectivity index (χ3n) is 4.73. The van der Waals surface area contributed by atoms with Crippen LogP contribution in [0.25, 0.3) is 0 Å². The van der Waals surface area contributed by atoms with Gasteiger partial charge in [-0.05, 0) is 37.3 Å². The van der Waals surface area contributed by atoms with Crippen LogP contribution in [0, 0.1) is 17.8 Å². The van der Waals surface area contributed by atoms with Crippen molar-refractivity contribution in [3.8, 4) is 0 Å². The average molecular weight is 371 g/mol. The van der Waals surface area contributed by atoms with Gasteiger partial charge in [0.15, 0.2) is 0 Å². The predicted octanol–water partition coefficient (Wildman–Crippen LogP) is 2.52. The van der Waals surface area contributed by atoms with Crippen LogP contribution in [0.5, 0.6) is 0 Å². The van der Waals surface area contributed by atoms with Crippen LogP contribution >= 0.6 is 0 Å². The smallest absolute Gasteiger partial charge is 0.330 e. The zero-order valence-corrected chi connectivity index (χ0v) is 15.6. The summed E-state index contributed by atoms with van der Waals surface area (Å²) in [6.45, 7) is 5.81. The molecule has 27 heavy (non-hydrogen) atoms. The first-order chi connectivity index (χ1) is 13.0. The van der Waals surface area contributed by atoms with Crippen LogP contribution in [0.3, 0.4) is 0 Å². The third kappa shape index (κ3) is 5.06. The number of carbonyl (C=O) groups excluding carboxylic acids is 3. The van der Waals surface area contributed by atoms with Gasteiger partial charge < -0.3 is 14.8 Å². The molecule has 144 valence electrons. The minimum absolute atomic E-state index is 0.169. The van der Waals surface area contributed by atoms with E-state index in [4.69, 9.17) is 4.74 Å². The Kier molecular flexibility index (Phi) is 7.34. The van der Waals surface area contributed by atoms with E-state index in [2.05, 4.69) is 16.6 Å². The van der Waals surface area contributed by atoms with E-state index in [0.29, 0.717) is 12.0 Å². The van der Waals surface area contributed by atoms with Crippen LogP contribution in [0.15, 0.2) is 55.1 Å². The molecule has 0 unspecified atom stereocenters. The number of benzene rings is 1. The van der Waals surface area contributed by atoms with E-state index < -0.39 is 17.9 Å². The molecule has 1 aromatic carbocycles. The maximum atomic E-state index is 12.7. The molecule has 0 saturated heterocycles. The van der Waals surface area contributed by atoms with E-state index in [-0.39, 0.29) is 30.3 Å². The highest BCUT2D eigenvalue weighted by Gasteiger charge is 2.46. The highest BCUT2D eigenvalue weighted by Crippen LogP contribution is 2.39. The Morgan fingerprint density at radius 1 is 1.22 bits per heavy atom. The first kappa shape index (κ1) is 20.4. The van der Waals surface area contributed by atoms with Crippen molar-refractivity contribution in [3.05, 3.63) is 60.7 Å². The Morgan fingerprint density at radius 2 is 1.93 bits per heavy atom. The van der Waals surface area contributed by atoms with E-state index in [1.807, 2.05) is 6.07 Å². The van der Waals surface area contributed by atoms with Gasteiger partial charge in [-0.2, -0.15) is 0 Å². The number of methoxy groups -OCH3 is 1. The number of hydrogen-bond donors (Lipinski definition) is 1. The molecule has 2 rings (SSSR count). The molecule has 0 heterocycles. The second-order valence-corrected chi connectivity index (χ2v) is 6.32. The van der Waals surface area contributed by atoms with Crippen molar-refractivity contribution in [2.45, 2.75) is 19.4 Å². The molecule has 1 aliphatic carbocycles. The first-order valence-electron chi connectivity index (χ1n) is 8.93. The largest absolute Gasteiger partial charge is 0.466 e. The lowest BCUT2D eigenvalue weighted by molar-refractivity contribution is -0.149. The fraction of sp³-hybridized carbons (Fsp3) is 0.381. The summed E-state index contributed by atoms with van der Waals surface area (Å²) < 4.78 is 9.85. The molecule has 1 aliphatic rings. The standard InChI is InChI=1S/C21H25NO5/c1-4-14-13-16(11-12-17(23)26-3)19(18(14)21(25)27-5-2)22-20(24)15-9-7-6-8-10-15/h4,6-12,14,16,18-19H,1,5,13H2,2-3H3,(H,22,24)/b12-11-/t14-,16+,18+,19-/m1/s1. The molecule has 1 saturated carbocycles. The molecule has 1 aromatic rings. The second-order valence-electron chi connectivity index (χ2n) is 6.32. The van der Waals surface area contributed by atoms with Gasteiger partial charge in [-0.15, -0.1) is 6.58 Å². The molecule has 0 radical (unpaired) electrons. The average Bonchev–Trinajstić information content (AvgIpc) is 3.04. The molecule has 6 heteroatoms. The predicted molar refractivity (Wildman–Crippen MR) is 101 cm³/mol. The number of carbonyl (C=O) groups is 3. The van der Waals surface area contributed by atoms with Gasteiger partial charge >= 0.3 is 11.9 Å². The minimum Gasteiger partial charge on any atom is -0.466 e. The quantitative estimate of drug-likeness (QED) is 0.452. The van der Waals surface area contributed by atoms with Crippen LogP contribution in [0.2, 0.25) is 0 Å². The van der Waals surface area contributed by atoms with Crippen molar-refractivity contribution in [2.75, 3.05) is 13.7 Å². The van der Waals surface area contributed by atoms with Gasteiger partial charge in [0, 0.05) is 17.7 Å². The number of hydrogen-bond acceptors (Lipinski definition) is 5. The molecular weight excluding hydrogens is 346 g/mol. The molecular formula is C21H25NO5. The number of esters is 2. The van der Waals surface area contributed by atoms with Gasteiger partial charge in [-0.1, -0.05) is 30.4 Å². The van der Waals surface area contributed by atoms with Crippen LogP contribution in [0.4, 0.5) is 0 Å².